The lowest BCUT2D eigenvalue weighted by atomic mass is 9.88. The minimum Gasteiger partial charge on any atom is -0.495 e. The zero-order valence-electron chi connectivity index (χ0n) is 19.7. The molecule has 0 spiro atoms. The number of hydroxylamine groups is 1. The van der Waals surface area contributed by atoms with Crippen LogP contribution in [-0.4, -0.2) is 54.7 Å². The summed E-state index contributed by atoms with van der Waals surface area (Å²) < 4.78 is 5.26. The van der Waals surface area contributed by atoms with Crippen molar-refractivity contribution < 1.29 is 24.3 Å². The van der Waals surface area contributed by atoms with Crippen molar-refractivity contribution in [2.24, 2.45) is 11.3 Å². The van der Waals surface area contributed by atoms with Crippen LogP contribution in [-0.2, 0) is 9.59 Å². The first-order valence-electron chi connectivity index (χ1n) is 10.5. The highest BCUT2D eigenvalue weighted by Gasteiger charge is 2.27. The number of nitrogens with zero attached hydrogens (tertiary/aromatic N) is 1. The molecule has 32 heavy (non-hydrogen) atoms. The number of halogens is 1. The average molecular weight is 471 g/mol. The zero-order chi connectivity index (χ0) is 24.5. The molecule has 0 saturated carbocycles. The Morgan fingerprint density at radius 2 is 1.91 bits per heavy atom. The van der Waals surface area contributed by atoms with Crippen molar-refractivity contribution in [3.63, 3.8) is 0 Å². The van der Waals surface area contributed by atoms with E-state index in [9.17, 15) is 14.4 Å². The number of aryl methyl sites for hydroxylation is 1. The van der Waals surface area contributed by atoms with Crippen molar-refractivity contribution in [2.45, 2.75) is 47.5 Å². The smallest absolute Gasteiger partial charge is 0.319 e. The molecule has 1 aromatic rings. The minimum absolute atomic E-state index is 0.119. The highest BCUT2D eigenvalue weighted by atomic mass is 35.5. The monoisotopic (exact) mass is 470 g/mol. The summed E-state index contributed by atoms with van der Waals surface area (Å²) >= 11 is 6.09. The van der Waals surface area contributed by atoms with Crippen molar-refractivity contribution in [1.82, 2.24) is 15.7 Å². The first-order valence-corrected chi connectivity index (χ1v) is 10.9. The quantitative estimate of drug-likeness (QED) is 0.291. The lowest BCUT2D eigenvalue weighted by molar-refractivity contribution is -0.140. The van der Waals surface area contributed by atoms with Gasteiger partial charge in [0.1, 0.15) is 12.3 Å². The van der Waals surface area contributed by atoms with Crippen LogP contribution < -0.4 is 20.9 Å². The SMILES string of the molecule is COc1cc(Cl)c(C)cc1NC(=O)NCC(C)(C)CC(=O)N(CCC(C)C)CC(=O)NO. The van der Waals surface area contributed by atoms with Crippen molar-refractivity contribution in [2.75, 3.05) is 32.1 Å². The summed E-state index contributed by atoms with van der Waals surface area (Å²) in [4.78, 5) is 38.2. The topological polar surface area (TPSA) is 120 Å². The third-order valence-corrected chi connectivity index (χ3v) is 5.28. The van der Waals surface area contributed by atoms with E-state index in [2.05, 4.69) is 10.6 Å². The van der Waals surface area contributed by atoms with Gasteiger partial charge in [-0.3, -0.25) is 14.8 Å². The molecule has 0 heterocycles. The molecule has 1 rings (SSSR count). The molecule has 4 N–H and O–H groups in total. The number of ether oxygens (including phenoxy) is 1. The van der Waals surface area contributed by atoms with Gasteiger partial charge in [-0.2, -0.15) is 0 Å². The molecule has 0 saturated heterocycles. The molecule has 0 bridgehead atoms. The van der Waals surface area contributed by atoms with E-state index < -0.39 is 17.4 Å². The van der Waals surface area contributed by atoms with E-state index >= 15 is 0 Å². The van der Waals surface area contributed by atoms with Crippen molar-refractivity contribution in [3.8, 4) is 5.75 Å². The van der Waals surface area contributed by atoms with Crippen LogP contribution in [0.1, 0.15) is 46.1 Å². The van der Waals surface area contributed by atoms with Gasteiger partial charge >= 0.3 is 6.03 Å². The summed E-state index contributed by atoms with van der Waals surface area (Å²) in [6.07, 6.45) is 0.849. The number of anilines is 1. The van der Waals surface area contributed by atoms with Crippen LogP contribution >= 0.6 is 11.6 Å². The molecule has 0 fully saturated rings. The number of carbonyl (C=O) groups is 3. The first-order chi connectivity index (χ1) is 14.9. The second-order valence-electron chi connectivity index (χ2n) is 8.98. The van der Waals surface area contributed by atoms with Crippen molar-refractivity contribution >= 4 is 35.1 Å². The van der Waals surface area contributed by atoms with Crippen LogP contribution in [0, 0.1) is 18.3 Å². The van der Waals surface area contributed by atoms with Crippen LogP contribution in [0.25, 0.3) is 0 Å². The maximum absolute atomic E-state index is 12.8. The lowest BCUT2D eigenvalue weighted by Gasteiger charge is -2.29. The third-order valence-electron chi connectivity index (χ3n) is 4.87. The number of carbonyl (C=O) groups excluding carboxylic acids is 3. The van der Waals surface area contributed by atoms with Gasteiger partial charge in [-0.15, -0.1) is 0 Å². The Balaban J connectivity index is 2.72. The Morgan fingerprint density at radius 1 is 1.25 bits per heavy atom. The highest BCUT2D eigenvalue weighted by molar-refractivity contribution is 6.31. The molecule has 0 radical (unpaired) electrons. The lowest BCUT2D eigenvalue weighted by Crippen LogP contribution is -2.44. The van der Waals surface area contributed by atoms with Gasteiger partial charge in [0.05, 0.1) is 12.8 Å². The largest absolute Gasteiger partial charge is 0.495 e. The maximum atomic E-state index is 12.8. The Labute approximate surface area is 194 Å². The molecular formula is C22H35ClN4O5. The first kappa shape index (κ1) is 27.5. The van der Waals surface area contributed by atoms with E-state index in [1.54, 1.807) is 17.6 Å². The fourth-order valence-corrected chi connectivity index (χ4v) is 3.07. The molecule has 4 amide bonds. The minimum atomic E-state index is -0.648. The van der Waals surface area contributed by atoms with Crippen LogP contribution in [0.5, 0.6) is 5.75 Å². The number of amides is 4. The van der Waals surface area contributed by atoms with Gasteiger partial charge in [-0.25, -0.2) is 10.3 Å². The summed E-state index contributed by atoms with van der Waals surface area (Å²) in [6.45, 7) is 9.99. The van der Waals surface area contributed by atoms with E-state index in [0.29, 0.717) is 28.9 Å². The van der Waals surface area contributed by atoms with Gasteiger partial charge in [-0.1, -0.05) is 39.3 Å². The summed E-state index contributed by atoms with van der Waals surface area (Å²) in [5.41, 5.74) is 2.27. The van der Waals surface area contributed by atoms with Crippen LogP contribution in [0.15, 0.2) is 12.1 Å². The van der Waals surface area contributed by atoms with E-state index in [1.165, 1.54) is 12.0 Å². The van der Waals surface area contributed by atoms with E-state index in [0.717, 1.165) is 12.0 Å². The molecule has 0 atom stereocenters. The third kappa shape index (κ3) is 9.32. The van der Waals surface area contributed by atoms with Gasteiger partial charge in [0.15, 0.2) is 0 Å². The molecule has 180 valence electrons. The molecule has 1 aromatic carbocycles. The molecule has 0 unspecified atom stereocenters. The Hall–Kier alpha value is -2.52. The zero-order valence-corrected chi connectivity index (χ0v) is 20.4. The number of hydrogen-bond donors (Lipinski definition) is 4. The standard InChI is InChI=1S/C22H35ClN4O5/c1-14(2)7-8-27(12-19(28)26-31)20(29)11-22(4,5)13-24-21(30)25-17-9-15(3)16(23)10-18(17)32-6/h9-10,14,31H,7-8,11-13H2,1-6H3,(H,26,28)(H2,24,25,30). The molecule has 0 aliphatic carbocycles. The summed E-state index contributed by atoms with van der Waals surface area (Å²) in [6, 6.07) is 2.90. The number of hydrogen-bond acceptors (Lipinski definition) is 5. The molecule has 0 aliphatic heterocycles. The van der Waals surface area contributed by atoms with Crippen LogP contribution in [0.3, 0.4) is 0 Å². The number of methoxy groups -OCH3 is 1. The average Bonchev–Trinajstić information content (AvgIpc) is 2.71. The molecule has 0 aromatic heterocycles. The normalized spacial score (nSPS) is 11.2. The summed E-state index contributed by atoms with van der Waals surface area (Å²) in [7, 11) is 1.49. The van der Waals surface area contributed by atoms with E-state index in [1.807, 2.05) is 34.6 Å². The van der Waals surface area contributed by atoms with Crippen molar-refractivity contribution in [1.29, 1.82) is 0 Å². The van der Waals surface area contributed by atoms with Crippen LogP contribution in [0.4, 0.5) is 10.5 Å². The molecule has 10 heteroatoms. The summed E-state index contributed by atoms with van der Waals surface area (Å²) in [5, 5.41) is 14.8. The summed E-state index contributed by atoms with van der Waals surface area (Å²) in [5.74, 6) is -0.0800. The molecule has 9 nitrogen and oxygen atoms in total. The molecular weight excluding hydrogens is 436 g/mol. The van der Waals surface area contributed by atoms with E-state index in [4.69, 9.17) is 21.5 Å². The highest BCUT2D eigenvalue weighted by Crippen LogP contribution is 2.31. The van der Waals surface area contributed by atoms with Crippen molar-refractivity contribution in [3.05, 3.63) is 22.7 Å². The predicted octanol–water partition coefficient (Wildman–Crippen LogP) is 3.57. The van der Waals surface area contributed by atoms with Gasteiger partial charge in [0, 0.05) is 30.6 Å². The van der Waals surface area contributed by atoms with Gasteiger partial charge in [0.2, 0.25) is 5.91 Å². The second-order valence-corrected chi connectivity index (χ2v) is 9.39. The number of rotatable bonds is 11. The predicted molar refractivity (Wildman–Crippen MR) is 124 cm³/mol. The van der Waals surface area contributed by atoms with Crippen LogP contribution in [0.2, 0.25) is 5.02 Å². The maximum Gasteiger partial charge on any atom is 0.319 e. The Bertz CT molecular complexity index is 814. The fraction of sp³-hybridized carbons (Fsp3) is 0.591. The number of benzene rings is 1. The van der Waals surface area contributed by atoms with Gasteiger partial charge in [-0.05, 0) is 36.3 Å². The number of urea groups is 1. The Kier molecular flexibility index (Phi) is 10.7. The fourth-order valence-electron chi connectivity index (χ4n) is 2.91. The van der Waals surface area contributed by atoms with E-state index in [-0.39, 0.29) is 25.4 Å². The van der Waals surface area contributed by atoms with Gasteiger partial charge in [0.25, 0.3) is 5.91 Å². The Morgan fingerprint density at radius 3 is 2.47 bits per heavy atom. The number of nitrogens with one attached hydrogen (secondary N) is 3. The van der Waals surface area contributed by atoms with Gasteiger partial charge < -0.3 is 20.3 Å². The molecule has 0 aliphatic rings. The second kappa shape index (κ2) is 12.5.